The molecular formula is C5H5BNO2. The lowest BCUT2D eigenvalue weighted by Gasteiger charge is -1.87. The summed E-state index contributed by atoms with van der Waals surface area (Å²) in [5, 5.41) is 8.38. The van der Waals surface area contributed by atoms with Crippen molar-refractivity contribution in [1.29, 1.82) is 0 Å². The van der Waals surface area contributed by atoms with Gasteiger partial charge in [-0.2, -0.15) is 0 Å². The van der Waals surface area contributed by atoms with E-state index < -0.39 is 0 Å². The van der Waals surface area contributed by atoms with Crippen molar-refractivity contribution in [3.63, 3.8) is 0 Å². The number of hydrogen-bond donors (Lipinski definition) is 2. The standard InChI is InChI=1S/C5H5BNO2/c8-5-2-1-4(6-9)3-7-5/h1-3,9H,(H,7,8). The van der Waals surface area contributed by atoms with Gasteiger partial charge in [-0.3, -0.25) is 4.79 Å². The Labute approximate surface area is 52.6 Å². The van der Waals surface area contributed by atoms with E-state index in [2.05, 4.69) is 4.98 Å². The fourth-order valence-electron chi connectivity index (χ4n) is 0.503. The van der Waals surface area contributed by atoms with Gasteiger partial charge < -0.3 is 10.0 Å². The van der Waals surface area contributed by atoms with Crippen LogP contribution < -0.4 is 11.0 Å². The highest BCUT2D eigenvalue weighted by molar-refractivity contribution is 6.45. The third kappa shape index (κ3) is 1.43. The van der Waals surface area contributed by atoms with Gasteiger partial charge in [-0.15, -0.1) is 0 Å². The second-order valence-corrected chi connectivity index (χ2v) is 1.62. The van der Waals surface area contributed by atoms with Crippen LogP contribution in [-0.4, -0.2) is 17.5 Å². The molecule has 45 valence electrons. The maximum Gasteiger partial charge on any atom is 0.328 e. The average molecular weight is 122 g/mol. The van der Waals surface area contributed by atoms with Gasteiger partial charge in [-0.1, -0.05) is 6.07 Å². The normalized spacial score (nSPS) is 9.00. The Bertz CT molecular complexity index is 224. The molecule has 0 aliphatic rings. The van der Waals surface area contributed by atoms with Crippen LogP contribution in [0.4, 0.5) is 0 Å². The molecule has 0 saturated carbocycles. The van der Waals surface area contributed by atoms with Crippen molar-refractivity contribution < 1.29 is 5.02 Å². The van der Waals surface area contributed by atoms with Crippen LogP contribution in [0.25, 0.3) is 0 Å². The lowest BCUT2D eigenvalue weighted by Crippen LogP contribution is -2.17. The summed E-state index contributed by atoms with van der Waals surface area (Å²) in [4.78, 5) is 12.8. The average Bonchev–Trinajstić information content (AvgIpc) is 1.90. The van der Waals surface area contributed by atoms with Crippen molar-refractivity contribution in [2.45, 2.75) is 0 Å². The molecule has 0 fully saturated rings. The van der Waals surface area contributed by atoms with Crippen molar-refractivity contribution in [2.75, 3.05) is 0 Å². The molecule has 1 aromatic rings. The molecule has 0 spiro atoms. The first kappa shape index (κ1) is 6.10. The van der Waals surface area contributed by atoms with Gasteiger partial charge in [0.05, 0.1) is 0 Å². The lowest BCUT2D eigenvalue weighted by atomic mass is 9.91. The van der Waals surface area contributed by atoms with Crippen molar-refractivity contribution in [2.24, 2.45) is 0 Å². The van der Waals surface area contributed by atoms with Crippen LogP contribution in [0.1, 0.15) is 0 Å². The fraction of sp³-hybridized carbons (Fsp3) is 0. The van der Waals surface area contributed by atoms with Gasteiger partial charge in [0.15, 0.2) is 0 Å². The molecule has 0 aliphatic carbocycles. The van der Waals surface area contributed by atoms with Crippen LogP contribution in [0, 0.1) is 0 Å². The number of nitrogens with one attached hydrogen (secondary N) is 1. The van der Waals surface area contributed by atoms with E-state index in [1.54, 1.807) is 0 Å². The van der Waals surface area contributed by atoms with Crippen LogP contribution in [-0.2, 0) is 0 Å². The highest BCUT2D eigenvalue weighted by Crippen LogP contribution is 1.66. The molecule has 0 unspecified atom stereocenters. The number of rotatable bonds is 1. The van der Waals surface area contributed by atoms with Gasteiger partial charge >= 0.3 is 7.48 Å². The molecule has 3 nitrogen and oxygen atoms in total. The molecule has 0 amide bonds. The smallest absolute Gasteiger partial charge is 0.328 e. The van der Waals surface area contributed by atoms with E-state index in [0.717, 1.165) is 7.48 Å². The molecule has 9 heavy (non-hydrogen) atoms. The van der Waals surface area contributed by atoms with Crippen molar-refractivity contribution in [3.8, 4) is 0 Å². The molecule has 0 saturated heterocycles. The molecule has 4 heteroatoms. The molecule has 2 N–H and O–H groups in total. The number of hydrogen-bond acceptors (Lipinski definition) is 2. The Morgan fingerprint density at radius 3 is 2.78 bits per heavy atom. The molecule has 0 bridgehead atoms. The summed E-state index contributed by atoms with van der Waals surface area (Å²) in [6, 6.07) is 2.88. The van der Waals surface area contributed by atoms with Crippen LogP contribution in [0.15, 0.2) is 23.1 Å². The summed E-state index contributed by atoms with van der Waals surface area (Å²) >= 11 is 0. The number of aromatic nitrogens is 1. The Kier molecular flexibility index (Phi) is 1.70. The minimum absolute atomic E-state index is 0.166. The summed E-state index contributed by atoms with van der Waals surface area (Å²) in [7, 11) is 0.927. The Morgan fingerprint density at radius 1 is 1.56 bits per heavy atom. The minimum atomic E-state index is -0.166. The van der Waals surface area contributed by atoms with Gasteiger partial charge in [0.25, 0.3) is 0 Å². The molecular weight excluding hydrogens is 117 g/mol. The maximum absolute atomic E-state index is 10.4. The zero-order chi connectivity index (χ0) is 6.69. The first-order valence-electron chi connectivity index (χ1n) is 2.49. The van der Waals surface area contributed by atoms with Crippen LogP contribution >= 0.6 is 0 Å². The fourth-order valence-corrected chi connectivity index (χ4v) is 0.503. The number of H-pyrrole nitrogens is 1. The predicted octanol–water partition coefficient (Wildman–Crippen LogP) is -1.39. The molecule has 1 rings (SSSR count). The summed E-state index contributed by atoms with van der Waals surface area (Å²) in [5.41, 5.74) is 0.426. The zero-order valence-corrected chi connectivity index (χ0v) is 4.66. The van der Waals surface area contributed by atoms with Gasteiger partial charge in [0, 0.05) is 12.3 Å². The summed E-state index contributed by atoms with van der Waals surface area (Å²) < 4.78 is 0. The molecule has 0 atom stereocenters. The maximum atomic E-state index is 10.4. The SMILES string of the molecule is O=c1ccc([B]O)c[nH]1. The van der Waals surface area contributed by atoms with Crippen molar-refractivity contribution in [1.82, 2.24) is 4.98 Å². The quantitative estimate of drug-likeness (QED) is 0.450. The Balaban J connectivity index is 3.02. The van der Waals surface area contributed by atoms with Crippen LogP contribution in [0.2, 0.25) is 0 Å². The predicted molar refractivity (Wildman–Crippen MR) is 34.7 cm³/mol. The lowest BCUT2D eigenvalue weighted by molar-refractivity contribution is 0.615. The highest BCUT2D eigenvalue weighted by atomic mass is 16.2. The summed E-state index contributed by atoms with van der Waals surface area (Å²) in [6.07, 6.45) is 1.43. The first-order chi connectivity index (χ1) is 4.33. The van der Waals surface area contributed by atoms with E-state index >= 15 is 0 Å². The summed E-state index contributed by atoms with van der Waals surface area (Å²) in [6.45, 7) is 0. The number of pyridine rings is 1. The largest absolute Gasteiger partial charge is 0.450 e. The topological polar surface area (TPSA) is 53.1 Å². The molecule has 1 heterocycles. The minimum Gasteiger partial charge on any atom is -0.450 e. The highest BCUT2D eigenvalue weighted by Gasteiger charge is 1.89. The van der Waals surface area contributed by atoms with Crippen molar-refractivity contribution in [3.05, 3.63) is 28.7 Å². The van der Waals surface area contributed by atoms with Gasteiger partial charge in [-0.05, 0) is 5.46 Å². The summed E-state index contributed by atoms with van der Waals surface area (Å²) in [5.74, 6) is 0. The van der Waals surface area contributed by atoms with Crippen LogP contribution in [0.3, 0.4) is 0 Å². The number of aromatic amines is 1. The van der Waals surface area contributed by atoms with Gasteiger partial charge in [0.1, 0.15) is 0 Å². The van der Waals surface area contributed by atoms with Gasteiger partial charge in [-0.25, -0.2) is 0 Å². The Morgan fingerprint density at radius 2 is 2.33 bits per heavy atom. The van der Waals surface area contributed by atoms with E-state index in [1.807, 2.05) is 0 Å². The molecule has 1 aromatic heterocycles. The third-order valence-corrected chi connectivity index (χ3v) is 0.957. The van der Waals surface area contributed by atoms with E-state index in [-0.39, 0.29) is 5.56 Å². The third-order valence-electron chi connectivity index (χ3n) is 0.957. The van der Waals surface area contributed by atoms with E-state index in [0.29, 0.717) is 5.46 Å². The van der Waals surface area contributed by atoms with Crippen LogP contribution in [0.5, 0.6) is 0 Å². The van der Waals surface area contributed by atoms with Gasteiger partial charge in [0.2, 0.25) is 5.56 Å². The van der Waals surface area contributed by atoms with E-state index in [4.69, 9.17) is 5.02 Å². The monoisotopic (exact) mass is 122 g/mol. The second kappa shape index (κ2) is 2.50. The molecule has 1 radical (unpaired) electrons. The second-order valence-electron chi connectivity index (χ2n) is 1.62. The van der Waals surface area contributed by atoms with E-state index in [1.165, 1.54) is 18.3 Å². The zero-order valence-electron chi connectivity index (χ0n) is 4.66. The Hall–Kier alpha value is -1.03. The van der Waals surface area contributed by atoms with Crippen molar-refractivity contribution >= 4 is 12.9 Å². The molecule has 0 aromatic carbocycles. The first-order valence-corrected chi connectivity index (χ1v) is 2.49. The molecule has 0 aliphatic heterocycles. The van der Waals surface area contributed by atoms with E-state index in [9.17, 15) is 4.79 Å².